The highest BCUT2D eigenvalue weighted by molar-refractivity contribution is 7.93. The number of ether oxygens (including phenoxy) is 1. The fraction of sp³-hybridized carbons (Fsp3) is 0.423. The van der Waals surface area contributed by atoms with Gasteiger partial charge in [0.2, 0.25) is 10.0 Å². The number of benzene rings is 1. The van der Waals surface area contributed by atoms with Crippen LogP contribution in [0.2, 0.25) is 0 Å². The summed E-state index contributed by atoms with van der Waals surface area (Å²) in [5.74, 6) is -1.00. The van der Waals surface area contributed by atoms with E-state index in [4.69, 9.17) is 9.15 Å². The van der Waals surface area contributed by atoms with Crippen molar-refractivity contribution in [3.05, 3.63) is 63.4 Å². The van der Waals surface area contributed by atoms with Crippen molar-refractivity contribution in [3.8, 4) is 5.75 Å². The molecule has 0 bridgehead atoms. The van der Waals surface area contributed by atoms with Crippen LogP contribution in [0.3, 0.4) is 0 Å². The van der Waals surface area contributed by atoms with Crippen LogP contribution in [-0.4, -0.2) is 74.8 Å². The molecule has 2 fully saturated rings. The standard InChI is InChI=1S/C26H30FN5O6S/c1-31(2)26(34)37-17-3-6-19-21(15-32-11-9-28-10-12-32)20(25(33)38-22(19)14-17)13-16-7-8-29-24(23(16)27)30-39(35,36)18-4-5-18/h3,6-8,14,18,28H,4-5,9-13,15H2,1-2H3,(H,29,30). The molecule has 1 amide bonds. The van der Waals surface area contributed by atoms with Gasteiger partial charge in [0.1, 0.15) is 11.3 Å². The average molecular weight is 560 g/mol. The van der Waals surface area contributed by atoms with Gasteiger partial charge in [-0.2, -0.15) is 0 Å². The lowest BCUT2D eigenvalue weighted by Gasteiger charge is -2.28. The first kappa shape index (κ1) is 27.0. The number of carbonyl (C=O) groups is 1. The predicted octanol–water partition coefficient (Wildman–Crippen LogP) is 2.29. The Morgan fingerprint density at radius 1 is 1.23 bits per heavy atom. The molecule has 13 heteroatoms. The van der Waals surface area contributed by atoms with Crippen LogP contribution >= 0.6 is 0 Å². The van der Waals surface area contributed by atoms with Crippen LogP contribution in [0.4, 0.5) is 15.0 Å². The van der Waals surface area contributed by atoms with Crippen molar-refractivity contribution < 1.29 is 26.8 Å². The van der Waals surface area contributed by atoms with Crippen molar-refractivity contribution in [1.82, 2.24) is 20.1 Å². The molecule has 1 saturated carbocycles. The molecule has 2 aliphatic rings. The molecule has 39 heavy (non-hydrogen) atoms. The van der Waals surface area contributed by atoms with Gasteiger partial charge in [-0.05, 0) is 42.2 Å². The molecule has 208 valence electrons. The first-order chi connectivity index (χ1) is 18.6. The van der Waals surface area contributed by atoms with Gasteiger partial charge in [0, 0.05) is 76.5 Å². The summed E-state index contributed by atoms with van der Waals surface area (Å²) in [5.41, 5.74) is 0.638. The van der Waals surface area contributed by atoms with Crippen LogP contribution < -0.4 is 20.4 Å². The van der Waals surface area contributed by atoms with Gasteiger partial charge in [0.15, 0.2) is 11.6 Å². The molecule has 0 radical (unpaired) electrons. The number of nitrogens with one attached hydrogen (secondary N) is 2. The first-order valence-electron chi connectivity index (χ1n) is 12.7. The lowest BCUT2D eigenvalue weighted by atomic mass is 9.98. The fourth-order valence-corrected chi connectivity index (χ4v) is 5.80. The van der Waals surface area contributed by atoms with Crippen LogP contribution in [0.1, 0.15) is 29.5 Å². The first-order valence-corrected chi connectivity index (χ1v) is 14.2. The molecule has 2 aromatic heterocycles. The Kier molecular flexibility index (Phi) is 7.56. The van der Waals surface area contributed by atoms with Gasteiger partial charge in [0.25, 0.3) is 0 Å². The van der Waals surface area contributed by atoms with E-state index in [2.05, 4.69) is 19.9 Å². The number of nitrogens with zero attached hydrogens (tertiary/aromatic N) is 3. The normalized spacial score (nSPS) is 16.3. The molecule has 1 aliphatic carbocycles. The van der Waals surface area contributed by atoms with Gasteiger partial charge in [-0.1, -0.05) is 0 Å². The number of hydrogen-bond acceptors (Lipinski definition) is 9. The van der Waals surface area contributed by atoms with Crippen LogP contribution in [0.5, 0.6) is 5.75 Å². The topological polar surface area (TPSA) is 134 Å². The smallest absolute Gasteiger partial charge is 0.414 e. The molecule has 0 unspecified atom stereocenters. The maximum absolute atomic E-state index is 15.5. The highest BCUT2D eigenvalue weighted by Gasteiger charge is 2.36. The SMILES string of the molecule is CN(C)C(=O)Oc1ccc2c(CN3CCNCC3)c(Cc3ccnc(NS(=O)(=O)C4CC4)c3F)c(=O)oc2c1. The Morgan fingerprint density at radius 2 is 1.97 bits per heavy atom. The highest BCUT2D eigenvalue weighted by atomic mass is 32.2. The molecule has 0 atom stereocenters. The van der Waals surface area contributed by atoms with E-state index in [-0.39, 0.29) is 34.7 Å². The van der Waals surface area contributed by atoms with Gasteiger partial charge >= 0.3 is 11.7 Å². The molecule has 0 spiro atoms. The number of aromatic nitrogens is 1. The van der Waals surface area contributed by atoms with Crippen molar-refractivity contribution in [1.29, 1.82) is 0 Å². The van der Waals surface area contributed by atoms with Gasteiger partial charge in [-0.15, -0.1) is 0 Å². The minimum absolute atomic E-state index is 0.114. The number of pyridine rings is 1. The number of hydrogen-bond donors (Lipinski definition) is 2. The molecule has 2 N–H and O–H groups in total. The maximum atomic E-state index is 15.5. The predicted molar refractivity (Wildman–Crippen MR) is 143 cm³/mol. The number of halogens is 1. The number of amides is 1. The van der Waals surface area contributed by atoms with Crippen LogP contribution in [0.25, 0.3) is 11.0 Å². The van der Waals surface area contributed by atoms with Crippen LogP contribution in [0, 0.1) is 5.82 Å². The van der Waals surface area contributed by atoms with Gasteiger partial charge in [-0.25, -0.2) is 27.4 Å². The summed E-state index contributed by atoms with van der Waals surface area (Å²) in [4.78, 5) is 32.7. The summed E-state index contributed by atoms with van der Waals surface area (Å²) in [6.45, 7) is 3.53. The number of sulfonamides is 1. The zero-order valence-corrected chi connectivity index (χ0v) is 22.5. The third-order valence-electron chi connectivity index (χ3n) is 6.79. The van der Waals surface area contributed by atoms with E-state index >= 15 is 4.39 Å². The number of fused-ring (bicyclic) bond motifs is 1. The monoisotopic (exact) mass is 559 g/mol. The molecular weight excluding hydrogens is 529 g/mol. The lowest BCUT2D eigenvalue weighted by molar-refractivity contribution is 0.172. The molecule has 5 rings (SSSR count). The number of piperazine rings is 1. The fourth-order valence-electron chi connectivity index (χ4n) is 4.47. The van der Waals surface area contributed by atoms with Gasteiger partial charge < -0.3 is 19.4 Å². The van der Waals surface area contributed by atoms with Crippen LogP contribution in [0.15, 0.2) is 39.7 Å². The van der Waals surface area contributed by atoms with Crippen LogP contribution in [-0.2, 0) is 23.0 Å². The van der Waals surface area contributed by atoms with Crippen molar-refractivity contribution in [2.75, 3.05) is 45.0 Å². The Bertz CT molecular complexity index is 1570. The van der Waals surface area contributed by atoms with E-state index in [1.54, 1.807) is 26.2 Å². The van der Waals surface area contributed by atoms with Crippen molar-refractivity contribution in [2.45, 2.75) is 31.1 Å². The second-order valence-electron chi connectivity index (χ2n) is 9.95. The van der Waals surface area contributed by atoms with Crippen molar-refractivity contribution >= 4 is 32.9 Å². The minimum Gasteiger partial charge on any atom is -0.422 e. The molecule has 1 aromatic carbocycles. The van der Waals surface area contributed by atoms with Crippen molar-refractivity contribution in [3.63, 3.8) is 0 Å². The number of anilines is 1. The highest BCUT2D eigenvalue weighted by Crippen LogP contribution is 2.31. The van der Waals surface area contributed by atoms with E-state index in [1.807, 2.05) is 0 Å². The maximum Gasteiger partial charge on any atom is 0.414 e. The summed E-state index contributed by atoms with van der Waals surface area (Å²) in [6.07, 6.45) is 1.67. The minimum atomic E-state index is -3.72. The quantitative estimate of drug-likeness (QED) is 0.399. The van der Waals surface area contributed by atoms with E-state index in [0.29, 0.717) is 30.3 Å². The zero-order chi connectivity index (χ0) is 27.7. The van der Waals surface area contributed by atoms with E-state index < -0.39 is 32.8 Å². The Hall–Kier alpha value is -3.55. The Labute approximate surface area is 225 Å². The van der Waals surface area contributed by atoms with Gasteiger partial charge in [-0.3, -0.25) is 9.62 Å². The molecular formula is C26H30FN5O6S. The molecule has 3 aromatic rings. The molecule has 3 heterocycles. The second kappa shape index (κ2) is 10.9. The Balaban J connectivity index is 1.54. The van der Waals surface area contributed by atoms with Gasteiger partial charge in [0.05, 0.1) is 5.25 Å². The van der Waals surface area contributed by atoms with E-state index in [0.717, 1.165) is 26.2 Å². The third-order valence-corrected chi connectivity index (χ3v) is 8.62. The summed E-state index contributed by atoms with van der Waals surface area (Å²) >= 11 is 0. The summed E-state index contributed by atoms with van der Waals surface area (Å²) in [5, 5.41) is 3.39. The molecule has 1 saturated heterocycles. The number of rotatable bonds is 8. The largest absolute Gasteiger partial charge is 0.422 e. The summed E-state index contributed by atoms with van der Waals surface area (Å²) in [7, 11) is -0.604. The lowest BCUT2D eigenvalue weighted by Crippen LogP contribution is -2.43. The molecule has 11 nitrogen and oxygen atoms in total. The van der Waals surface area contributed by atoms with Crippen molar-refractivity contribution in [2.24, 2.45) is 0 Å². The summed E-state index contributed by atoms with van der Waals surface area (Å²) < 4.78 is 53.4. The summed E-state index contributed by atoms with van der Waals surface area (Å²) in [6, 6.07) is 6.25. The third kappa shape index (κ3) is 6.05. The Morgan fingerprint density at radius 3 is 2.67 bits per heavy atom. The number of carbonyl (C=O) groups excluding carboxylic acids is 1. The second-order valence-corrected chi connectivity index (χ2v) is 11.9. The van der Waals surface area contributed by atoms with E-state index in [1.165, 1.54) is 23.2 Å². The average Bonchev–Trinajstić information content (AvgIpc) is 3.75. The zero-order valence-electron chi connectivity index (χ0n) is 21.7. The van der Waals surface area contributed by atoms with E-state index in [9.17, 15) is 18.0 Å². The molecule has 1 aliphatic heterocycles.